The van der Waals surface area contributed by atoms with Crippen LogP contribution in [-0.2, 0) is 4.79 Å². The van der Waals surface area contributed by atoms with E-state index >= 15 is 0 Å². The Morgan fingerprint density at radius 3 is 2.53 bits per heavy atom. The second-order valence-electron chi connectivity index (χ2n) is 4.79. The number of amides is 1. The molecule has 1 unspecified atom stereocenters. The van der Waals surface area contributed by atoms with Gasteiger partial charge in [-0.25, -0.2) is 0 Å². The van der Waals surface area contributed by atoms with Crippen LogP contribution in [0.5, 0.6) is 0 Å². The van der Waals surface area contributed by atoms with Crippen molar-refractivity contribution in [3.8, 4) is 6.07 Å². The minimum absolute atomic E-state index is 0.0515. The van der Waals surface area contributed by atoms with Crippen molar-refractivity contribution < 1.29 is 4.79 Å². The number of rotatable bonds is 5. The third kappa shape index (κ3) is 6.92. The summed E-state index contributed by atoms with van der Waals surface area (Å²) in [5.74, 6) is -0.0690. The number of carbonyl (C=O) groups is 1. The van der Waals surface area contributed by atoms with Crippen molar-refractivity contribution in [2.45, 2.75) is 39.2 Å². The number of nitriles is 1. The maximum Gasteiger partial charge on any atom is 0.222 e. The van der Waals surface area contributed by atoms with Crippen LogP contribution in [0.1, 0.15) is 33.6 Å². The number of nitrogens with two attached hydrogens (primary N) is 1. The van der Waals surface area contributed by atoms with Gasteiger partial charge in [0.05, 0.1) is 12.0 Å². The predicted molar refractivity (Wildman–Crippen MR) is 59.9 cm³/mol. The number of hydrogen-bond acceptors (Lipinski definition) is 3. The van der Waals surface area contributed by atoms with Gasteiger partial charge in [-0.1, -0.05) is 0 Å². The van der Waals surface area contributed by atoms with Crippen LogP contribution in [0.3, 0.4) is 0 Å². The van der Waals surface area contributed by atoms with Gasteiger partial charge in [0.1, 0.15) is 0 Å². The first kappa shape index (κ1) is 13.9. The maximum absolute atomic E-state index is 11.6. The van der Waals surface area contributed by atoms with E-state index in [9.17, 15) is 4.79 Å². The van der Waals surface area contributed by atoms with Gasteiger partial charge in [-0.3, -0.25) is 4.79 Å². The lowest BCUT2D eigenvalue weighted by molar-refractivity contribution is -0.130. The maximum atomic E-state index is 11.6. The summed E-state index contributed by atoms with van der Waals surface area (Å²) in [7, 11) is 1.72. The van der Waals surface area contributed by atoms with Crippen LogP contribution in [-0.4, -0.2) is 29.9 Å². The third-order valence-electron chi connectivity index (χ3n) is 2.18. The third-order valence-corrected chi connectivity index (χ3v) is 2.18. The van der Waals surface area contributed by atoms with Crippen molar-refractivity contribution in [3.05, 3.63) is 0 Å². The van der Waals surface area contributed by atoms with Crippen LogP contribution in [0.15, 0.2) is 0 Å². The molecule has 0 aliphatic heterocycles. The topological polar surface area (TPSA) is 70.1 Å². The van der Waals surface area contributed by atoms with Gasteiger partial charge >= 0.3 is 0 Å². The van der Waals surface area contributed by atoms with Gasteiger partial charge in [0.25, 0.3) is 0 Å². The highest BCUT2D eigenvalue weighted by atomic mass is 16.2. The fraction of sp³-hybridized carbons (Fsp3) is 0.818. The SMILES string of the molecule is CC(C#N)CN(C)C(=O)CCC(C)(C)N. The Hall–Kier alpha value is -1.08. The van der Waals surface area contributed by atoms with Gasteiger partial charge in [-0.2, -0.15) is 5.26 Å². The standard InChI is InChI=1S/C11H21N3O/c1-9(7-12)8-14(4)10(15)5-6-11(2,3)13/h9H,5-6,8,13H2,1-4H3. The molecule has 0 fully saturated rings. The van der Waals surface area contributed by atoms with Crippen LogP contribution < -0.4 is 5.73 Å². The molecule has 0 aliphatic carbocycles. The first-order chi connectivity index (χ1) is 6.76. The van der Waals surface area contributed by atoms with E-state index in [-0.39, 0.29) is 17.4 Å². The molecule has 1 amide bonds. The number of nitrogens with zero attached hydrogens (tertiary/aromatic N) is 2. The molecule has 0 saturated carbocycles. The largest absolute Gasteiger partial charge is 0.344 e. The lowest BCUT2D eigenvalue weighted by Gasteiger charge is -2.22. The Morgan fingerprint density at radius 2 is 2.13 bits per heavy atom. The second kappa shape index (κ2) is 5.72. The zero-order valence-corrected chi connectivity index (χ0v) is 10.1. The molecule has 0 aromatic heterocycles. The van der Waals surface area contributed by atoms with Crippen molar-refractivity contribution in [1.82, 2.24) is 4.90 Å². The summed E-state index contributed by atoms with van der Waals surface area (Å²) in [6.45, 7) is 6.09. The van der Waals surface area contributed by atoms with E-state index in [2.05, 4.69) is 6.07 Å². The van der Waals surface area contributed by atoms with E-state index in [1.165, 1.54) is 0 Å². The molecule has 86 valence electrons. The first-order valence-corrected chi connectivity index (χ1v) is 5.18. The quantitative estimate of drug-likeness (QED) is 0.741. The summed E-state index contributed by atoms with van der Waals surface area (Å²) in [6.07, 6.45) is 1.11. The Kier molecular flexibility index (Phi) is 5.31. The summed E-state index contributed by atoms with van der Waals surface area (Å²) in [5, 5.41) is 8.62. The van der Waals surface area contributed by atoms with Crippen molar-refractivity contribution in [2.24, 2.45) is 11.7 Å². The summed E-state index contributed by atoms with van der Waals surface area (Å²) >= 11 is 0. The minimum Gasteiger partial charge on any atom is -0.344 e. The highest BCUT2D eigenvalue weighted by Crippen LogP contribution is 2.09. The van der Waals surface area contributed by atoms with Crippen molar-refractivity contribution in [2.75, 3.05) is 13.6 Å². The van der Waals surface area contributed by atoms with Crippen LogP contribution in [0.4, 0.5) is 0 Å². The molecule has 0 saturated heterocycles. The Balaban J connectivity index is 3.96. The Labute approximate surface area is 92.0 Å². The molecular formula is C11H21N3O. The monoisotopic (exact) mass is 211 g/mol. The zero-order valence-electron chi connectivity index (χ0n) is 10.1. The lowest BCUT2D eigenvalue weighted by atomic mass is 9.99. The molecule has 15 heavy (non-hydrogen) atoms. The summed E-state index contributed by atoms with van der Waals surface area (Å²) in [6, 6.07) is 2.10. The van der Waals surface area contributed by atoms with Gasteiger partial charge in [-0.15, -0.1) is 0 Å². The molecule has 0 heterocycles. The lowest BCUT2D eigenvalue weighted by Crippen LogP contribution is -2.36. The van der Waals surface area contributed by atoms with Crippen LogP contribution in [0.25, 0.3) is 0 Å². The van der Waals surface area contributed by atoms with E-state index < -0.39 is 0 Å². The van der Waals surface area contributed by atoms with Gasteiger partial charge < -0.3 is 10.6 Å². The van der Waals surface area contributed by atoms with E-state index in [0.717, 1.165) is 0 Å². The first-order valence-electron chi connectivity index (χ1n) is 5.18. The number of carbonyl (C=O) groups excluding carboxylic acids is 1. The molecule has 2 N–H and O–H groups in total. The molecular weight excluding hydrogens is 190 g/mol. The highest BCUT2D eigenvalue weighted by molar-refractivity contribution is 5.75. The highest BCUT2D eigenvalue weighted by Gasteiger charge is 2.16. The summed E-state index contributed by atoms with van der Waals surface area (Å²) < 4.78 is 0. The average Bonchev–Trinajstić information content (AvgIpc) is 2.12. The average molecular weight is 211 g/mol. The molecule has 0 aliphatic rings. The predicted octanol–water partition coefficient (Wildman–Crippen LogP) is 1.12. The minimum atomic E-state index is -0.308. The molecule has 0 spiro atoms. The normalized spacial score (nSPS) is 13.1. The van der Waals surface area contributed by atoms with Crippen molar-refractivity contribution in [1.29, 1.82) is 5.26 Å². The smallest absolute Gasteiger partial charge is 0.222 e. The fourth-order valence-corrected chi connectivity index (χ4v) is 1.17. The van der Waals surface area contributed by atoms with Gasteiger partial charge in [0, 0.05) is 25.6 Å². The van der Waals surface area contributed by atoms with Gasteiger partial charge in [0.2, 0.25) is 5.91 Å². The number of hydrogen-bond donors (Lipinski definition) is 1. The molecule has 4 heteroatoms. The molecule has 0 bridgehead atoms. The van der Waals surface area contributed by atoms with Gasteiger partial charge in [-0.05, 0) is 27.2 Å². The van der Waals surface area contributed by atoms with E-state index in [4.69, 9.17) is 11.0 Å². The second-order valence-corrected chi connectivity index (χ2v) is 4.79. The van der Waals surface area contributed by atoms with Crippen LogP contribution >= 0.6 is 0 Å². The molecule has 4 nitrogen and oxygen atoms in total. The van der Waals surface area contributed by atoms with E-state index in [0.29, 0.717) is 19.4 Å². The molecule has 0 aromatic rings. The van der Waals surface area contributed by atoms with Crippen molar-refractivity contribution >= 4 is 5.91 Å². The molecule has 1 atom stereocenters. The molecule has 0 rings (SSSR count). The van der Waals surface area contributed by atoms with Crippen LogP contribution in [0, 0.1) is 17.2 Å². The Bertz CT molecular complexity index is 250. The fourth-order valence-electron chi connectivity index (χ4n) is 1.17. The Morgan fingerprint density at radius 1 is 1.60 bits per heavy atom. The van der Waals surface area contributed by atoms with Gasteiger partial charge in [0.15, 0.2) is 0 Å². The summed E-state index contributed by atoms with van der Waals surface area (Å²) in [4.78, 5) is 13.2. The van der Waals surface area contributed by atoms with E-state index in [1.54, 1.807) is 18.9 Å². The molecule has 0 aromatic carbocycles. The zero-order chi connectivity index (χ0) is 12.1. The molecule has 0 radical (unpaired) electrons. The summed E-state index contributed by atoms with van der Waals surface area (Å²) in [5.41, 5.74) is 5.48. The van der Waals surface area contributed by atoms with Crippen LogP contribution in [0.2, 0.25) is 0 Å². The van der Waals surface area contributed by atoms with Crippen molar-refractivity contribution in [3.63, 3.8) is 0 Å². The van der Waals surface area contributed by atoms with E-state index in [1.807, 2.05) is 13.8 Å².